The van der Waals surface area contributed by atoms with E-state index in [9.17, 15) is 0 Å². The SMILES string of the molecule is C=CC(O)CNN. The van der Waals surface area contributed by atoms with Crippen LogP contribution in [0.5, 0.6) is 0 Å². The fourth-order valence-corrected chi connectivity index (χ4v) is 0.204. The monoisotopic (exact) mass is 102 g/mol. The standard InChI is InChI=1S/C4H10N2O/c1-2-4(7)3-6-5/h2,4,6-7H,1,3,5H2. The lowest BCUT2D eigenvalue weighted by Crippen LogP contribution is -2.30. The molecule has 0 heterocycles. The molecule has 0 aromatic rings. The van der Waals surface area contributed by atoms with Gasteiger partial charge in [-0.3, -0.25) is 11.3 Å². The third kappa shape index (κ3) is 3.45. The highest BCUT2D eigenvalue weighted by Crippen LogP contribution is 1.75. The Bertz CT molecular complexity index is 55.7. The Morgan fingerprint density at radius 1 is 2.00 bits per heavy atom. The number of nitrogens with two attached hydrogens (primary N) is 1. The summed E-state index contributed by atoms with van der Waals surface area (Å²) in [5.74, 6) is 4.85. The van der Waals surface area contributed by atoms with Crippen molar-refractivity contribution in [2.24, 2.45) is 5.84 Å². The average molecular weight is 102 g/mol. The van der Waals surface area contributed by atoms with Crippen molar-refractivity contribution in [3.63, 3.8) is 0 Å². The topological polar surface area (TPSA) is 58.3 Å². The third-order valence-electron chi connectivity index (χ3n) is 0.599. The van der Waals surface area contributed by atoms with Gasteiger partial charge in [0, 0.05) is 6.54 Å². The van der Waals surface area contributed by atoms with E-state index in [0.29, 0.717) is 6.54 Å². The number of hydrogen-bond donors (Lipinski definition) is 3. The van der Waals surface area contributed by atoms with Crippen molar-refractivity contribution < 1.29 is 5.11 Å². The van der Waals surface area contributed by atoms with Crippen molar-refractivity contribution >= 4 is 0 Å². The Morgan fingerprint density at radius 3 is 2.71 bits per heavy atom. The van der Waals surface area contributed by atoms with Crippen molar-refractivity contribution in [3.8, 4) is 0 Å². The van der Waals surface area contributed by atoms with Gasteiger partial charge < -0.3 is 5.11 Å². The normalized spacial score (nSPS) is 13.4. The molecule has 1 atom stereocenters. The lowest BCUT2D eigenvalue weighted by atomic mass is 10.4. The predicted molar refractivity (Wildman–Crippen MR) is 28.4 cm³/mol. The van der Waals surface area contributed by atoms with E-state index in [2.05, 4.69) is 12.0 Å². The van der Waals surface area contributed by atoms with Crippen molar-refractivity contribution in [1.82, 2.24) is 5.43 Å². The van der Waals surface area contributed by atoms with Crippen LogP contribution in [0, 0.1) is 0 Å². The number of aliphatic hydroxyl groups is 1. The number of rotatable bonds is 3. The lowest BCUT2D eigenvalue weighted by Gasteiger charge is -1.99. The smallest absolute Gasteiger partial charge is 0.0856 e. The summed E-state index contributed by atoms with van der Waals surface area (Å²) in [6.45, 7) is 3.70. The Morgan fingerprint density at radius 2 is 2.57 bits per heavy atom. The van der Waals surface area contributed by atoms with Crippen LogP contribution >= 0.6 is 0 Å². The van der Waals surface area contributed by atoms with Gasteiger partial charge >= 0.3 is 0 Å². The summed E-state index contributed by atoms with van der Waals surface area (Å²) in [6.07, 6.45) is 0.893. The van der Waals surface area contributed by atoms with Crippen LogP contribution in [-0.4, -0.2) is 17.8 Å². The summed E-state index contributed by atoms with van der Waals surface area (Å²) in [5.41, 5.74) is 2.30. The van der Waals surface area contributed by atoms with E-state index in [0.717, 1.165) is 0 Å². The molecule has 0 aromatic heterocycles. The Labute approximate surface area is 42.8 Å². The first-order valence-electron chi connectivity index (χ1n) is 2.05. The molecule has 0 aromatic carbocycles. The second-order valence-electron chi connectivity index (χ2n) is 1.21. The van der Waals surface area contributed by atoms with Gasteiger partial charge in [0.2, 0.25) is 0 Å². The molecule has 7 heavy (non-hydrogen) atoms. The molecule has 4 N–H and O–H groups in total. The zero-order chi connectivity index (χ0) is 5.70. The van der Waals surface area contributed by atoms with E-state index in [-0.39, 0.29) is 0 Å². The Kier molecular flexibility index (Phi) is 3.59. The zero-order valence-electron chi connectivity index (χ0n) is 4.09. The molecule has 3 heteroatoms. The third-order valence-corrected chi connectivity index (χ3v) is 0.599. The summed E-state index contributed by atoms with van der Waals surface area (Å²) in [7, 11) is 0. The number of aliphatic hydroxyl groups excluding tert-OH is 1. The maximum atomic E-state index is 8.60. The number of hydrazine groups is 1. The van der Waals surface area contributed by atoms with Gasteiger partial charge in [-0.25, -0.2) is 0 Å². The molecule has 0 saturated heterocycles. The van der Waals surface area contributed by atoms with Gasteiger partial charge in [-0.1, -0.05) is 6.08 Å². The molecule has 0 aliphatic carbocycles. The van der Waals surface area contributed by atoms with E-state index in [4.69, 9.17) is 10.9 Å². The van der Waals surface area contributed by atoms with Gasteiger partial charge in [0.1, 0.15) is 0 Å². The van der Waals surface area contributed by atoms with E-state index in [1.807, 2.05) is 0 Å². The molecule has 1 unspecified atom stereocenters. The molecule has 0 rings (SSSR count). The molecule has 0 bridgehead atoms. The van der Waals surface area contributed by atoms with Crippen LogP contribution in [-0.2, 0) is 0 Å². The molecule has 0 spiro atoms. The molecular weight excluding hydrogens is 92.1 g/mol. The Hall–Kier alpha value is -0.380. The quantitative estimate of drug-likeness (QED) is 0.243. The van der Waals surface area contributed by atoms with Gasteiger partial charge in [0.25, 0.3) is 0 Å². The second-order valence-corrected chi connectivity index (χ2v) is 1.21. The molecule has 0 saturated carbocycles. The summed E-state index contributed by atoms with van der Waals surface area (Å²) in [6, 6.07) is 0. The van der Waals surface area contributed by atoms with Crippen LogP contribution in [0.15, 0.2) is 12.7 Å². The number of hydrogen-bond acceptors (Lipinski definition) is 3. The predicted octanol–water partition coefficient (Wildman–Crippen LogP) is -1.00. The van der Waals surface area contributed by atoms with Gasteiger partial charge in [-0.2, -0.15) is 0 Å². The fraction of sp³-hybridized carbons (Fsp3) is 0.500. The van der Waals surface area contributed by atoms with Crippen molar-refractivity contribution in [2.75, 3.05) is 6.54 Å². The van der Waals surface area contributed by atoms with Crippen LogP contribution in [0.2, 0.25) is 0 Å². The van der Waals surface area contributed by atoms with Crippen molar-refractivity contribution in [3.05, 3.63) is 12.7 Å². The first-order chi connectivity index (χ1) is 3.31. The fourth-order valence-electron chi connectivity index (χ4n) is 0.204. The summed E-state index contributed by atoms with van der Waals surface area (Å²) >= 11 is 0. The molecule has 0 aliphatic rings. The van der Waals surface area contributed by atoms with Crippen LogP contribution in [0.25, 0.3) is 0 Å². The van der Waals surface area contributed by atoms with Crippen LogP contribution in [0.1, 0.15) is 0 Å². The molecule has 0 aliphatic heterocycles. The second kappa shape index (κ2) is 3.80. The summed E-state index contributed by atoms with van der Waals surface area (Å²) < 4.78 is 0. The average Bonchev–Trinajstić information content (AvgIpc) is 1.68. The van der Waals surface area contributed by atoms with Crippen LogP contribution < -0.4 is 11.3 Å². The Balaban J connectivity index is 2.98. The molecular formula is C4H10N2O. The van der Waals surface area contributed by atoms with Crippen LogP contribution in [0.4, 0.5) is 0 Å². The molecule has 0 radical (unpaired) electrons. The number of nitrogens with one attached hydrogen (secondary N) is 1. The highest BCUT2D eigenvalue weighted by Gasteiger charge is 1.90. The van der Waals surface area contributed by atoms with Gasteiger partial charge in [0.05, 0.1) is 6.10 Å². The van der Waals surface area contributed by atoms with E-state index in [1.165, 1.54) is 6.08 Å². The maximum absolute atomic E-state index is 8.60. The highest BCUT2D eigenvalue weighted by atomic mass is 16.3. The van der Waals surface area contributed by atoms with E-state index in [1.54, 1.807) is 0 Å². The largest absolute Gasteiger partial charge is 0.388 e. The highest BCUT2D eigenvalue weighted by molar-refractivity contribution is 4.78. The van der Waals surface area contributed by atoms with Gasteiger partial charge in [0.15, 0.2) is 0 Å². The van der Waals surface area contributed by atoms with E-state index >= 15 is 0 Å². The molecule has 42 valence electrons. The summed E-state index contributed by atoms with van der Waals surface area (Å²) in [4.78, 5) is 0. The minimum absolute atomic E-state index is 0.365. The minimum atomic E-state index is -0.523. The maximum Gasteiger partial charge on any atom is 0.0856 e. The molecule has 0 fully saturated rings. The summed E-state index contributed by atoms with van der Waals surface area (Å²) in [5, 5.41) is 8.60. The first kappa shape index (κ1) is 6.62. The minimum Gasteiger partial charge on any atom is -0.388 e. The van der Waals surface area contributed by atoms with Gasteiger partial charge in [-0.05, 0) is 0 Å². The van der Waals surface area contributed by atoms with Gasteiger partial charge in [-0.15, -0.1) is 6.58 Å². The lowest BCUT2D eigenvalue weighted by molar-refractivity contribution is 0.220. The first-order valence-corrected chi connectivity index (χ1v) is 2.05. The van der Waals surface area contributed by atoms with E-state index < -0.39 is 6.10 Å². The van der Waals surface area contributed by atoms with Crippen molar-refractivity contribution in [1.29, 1.82) is 0 Å². The molecule has 3 nitrogen and oxygen atoms in total. The zero-order valence-corrected chi connectivity index (χ0v) is 4.09. The van der Waals surface area contributed by atoms with Crippen molar-refractivity contribution in [2.45, 2.75) is 6.10 Å². The van der Waals surface area contributed by atoms with Crippen LogP contribution in [0.3, 0.4) is 0 Å². The molecule has 0 amide bonds.